The number of ether oxygens (including phenoxy) is 1. The van der Waals surface area contributed by atoms with E-state index < -0.39 is 21.6 Å². The molecular formula is C11H10BrClN2O5. The number of non-ortho nitro benzene ring substituents is 1. The first-order chi connectivity index (χ1) is 9.35. The summed E-state index contributed by atoms with van der Waals surface area (Å²) >= 11 is 8.74. The molecule has 0 aliphatic rings. The highest BCUT2D eigenvalue weighted by Crippen LogP contribution is 2.20. The van der Waals surface area contributed by atoms with Gasteiger partial charge in [-0.25, -0.2) is 0 Å². The van der Waals surface area contributed by atoms with Crippen LogP contribution in [0.25, 0.3) is 0 Å². The number of hydrogen-bond donors (Lipinski definition) is 1. The first kappa shape index (κ1) is 16.4. The molecule has 1 aromatic rings. The van der Waals surface area contributed by atoms with Gasteiger partial charge in [-0.3, -0.25) is 19.7 Å². The van der Waals surface area contributed by atoms with Crippen LogP contribution >= 0.6 is 27.5 Å². The van der Waals surface area contributed by atoms with Gasteiger partial charge in [-0.2, -0.15) is 0 Å². The van der Waals surface area contributed by atoms with Crippen LogP contribution in [0.2, 0.25) is 5.02 Å². The molecule has 1 atom stereocenters. The number of methoxy groups -OCH3 is 1. The van der Waals surface area contributed by atoms with Crippen molar-refractivity contribution in [1.29, 1.82) is 0 Å². The quantitative estimate of drug-likeness (QED) is 0.372. The number of hydrogen-bond acceptors (Lipinski definition) is 5. The largest absolute Gasteiger partial charge is 0.468 e. The second-order valence-electron chi connectivity index (χ2n) is 3.66. The molecule has 0 fully saturated rings. The van der Waals surface area contributed by atoms with Crippen molar-refractivity contribution in [3.63, 3.8) is 0 Å². The van der Waals surface area contributed by atoms with Crippen LogP contribution in [0.3, 0.4) is 0 Å². The summed E-state index contributed by atoms with van der Waals surface area (Å²) in [6, 6.07) is 3.54. The molecule has 0 aromatic heterocycles. The number of esters is 1. The van der Waals surface area contributed by atoms with Gasteiger partial charge in [-0.05, 0) is 6.07 Å². The lowest BCUT2D eigenvalue weighted by Crippen LogP contribution is -2.33. The fourth-order valence-electron chi connectivity index (χ4n) is 1.31. The molecule has 0 saturated heterocycles. The van der Waals surface area contributed by atoms with E-state index in [1.54, 1.807) is 0 Å². The molecule has 0 bridgehead atoms. The zero-order valence-electron chi connectivity index (χ0n) is 10.3. The van der Waals surface area contributed by atoms with E-state index in [1.807, 2.05) is 0 Å². The van der Waals surface area contributed by atoms with E-state index >= 15 is 0 Å². The summed E-state index contributed by atoms with van der Waals surface area (Å²) in [7, 11) is 1.22. The minimum Gasteiger partial charge on any atom is -0.468 e. The van der Waals surface area contributed by atoms with Gasteiger partial charge in [0.15, 0.2) is 0 Å². The highest BCUT2D eigenvalue weighted by Gasteiger charge is 2.18. The number of nitrogens with one attached hydrogen (secondary N) is 1. The van der Waals surface area contributed by atoms with Crippen LogP contribution in [0, 0.1) is 10.1 Å². The molecule has 7 nitrogen and oxygen atoms in total. The highest BCUT2D eigenvalue weighted by atomic mass is 79.9. The van der Waals surface area contributed by atoms with E-state index in [1.165, 1.54) is 13.2 Å². The van der Waals surface area contributed by atoms with E-state index in [-0.39, 0.29) is 22.8 Å². The van der Waals surface area contributed by atoms with Gasteiger partial charge in [0.1, 0.15) is 4.83 Å². The second-order valence-corrected chi connectivity index (χ2v) is 5.20. The number of alkyl halides is 1. The number of halogens is 2. The zero-order valence-corrected chi connectivity index (χ0v) is 12.6. The topological polar surface area (TPSA) is 98.5 Å². The molecule has 1 unspecified atom stereocenters. The Kier molecular flexibility index (Phi) is 5.90. The third kappa shape index (κ3) is 4.46. The van der Waals surface area contributed by atoms with Gasteiger partial charge in [0.05, 0.1) is 12.0 Å². The molecule has 9 heteroatoms. The average molecular weight is 366 g/mol. The van der Waals surface area contributed by atoms with Crippen molar-refractivity contribution in [3.05, 3.63) is 38.9 Å². The van der Waals surface area contributed by atoms with Crippen molar-refractivity contribution in [2.75, 3.05) is 13.7 Å². The van der Waals surface area contributed by atoms with Crippen molar-refractivity contribution in [1.82, 2.24) is 5.32 Å². The predicted octanol–water partition coefficient (Wildman–Crippen LogP) is 1.91. The molecule has 1 N–H and O–H groups in total. The lowest BCUT2D eigenvalue weighted by Gasteiger charge is -2.09. The molecule has 20 heavy (non-hydrogen) atoms. The van der Waals surface area contributed by atoms with Gasteiger partial charge in [-0.15, -0.1) is 0 Å². The molecule has 0 saturated carbocycles. The molecule has 0 heterocycles. The minimum atomic E-state index is -0.703. The van der Waals surface area contributed by atoms with Gasteiger partial charge in [0, 0.05) is 29.3 Å². The van der Waals surface area contributed by atoms with E-state index in [0.29, 0.717) is 0 Å². The fourth-order valence-corrected chi connectivity index (χ4v) is 1.88. The van der Waals surface area contributed by atoms with E-state index in [9.17, 15) is 19.7 Å². The Morgan fingerprint density at radius 2 is 2.15 bits per heavy atom. The summed E-state index contributed by atoms with van der Waals surface area (Å²) in [4.78, 5) is 32.3. The Bertz CT molecular complexity index is 552. The number of benzene rings is 1. The molecule has 0 spiro atoms. The summed E-state index contributed by atoms with van der Waals surface area (Å²) < 4.78 is 4.47. The standard InChI is InChI=1S/C11H10BrClN2O5/c1-20-11(17)9(12)5-14-10(16)6-2-7(13)4-8(3-6)15(18)19/h2-4,9H,5H2,1H3,(H,14,16). The van der Waals surface area contributed by atoms with E-state index in [4.69, 9.17) is 11.6 Å². The number of rotatable bonds is 5. The van der Waals surface area contributed by atoms with Crippen LogP contribution in [-0.4, -0.2) is 35.3 Å². The Labute approximate surface area is 127 Å². The third-order valence-corrected chi connectivity index (χ3v) is 3.17. The maximum Gasteiger partial charge on any atom is 0.321 e. The maximum absolute atomic E-state index is 11.8. The van der Waals surface area contributed by atoms with Crippen LogP contribution in [0.4, 0.5) is 5.69 Å². The Morgan fingerprint density at radius 3 is 2.70 bits per heavy atom. The fraction of sp³-hybridized carbons (Fsp3) is 0.273. The summed E-state index contributed by atoms with van der Waals surface area (Å²) in [6.45, 7) is -0.0220. The summed E-state index contributed by atoms with van der Waals surface area (Å²) in [5.41, 5.74) is -0.250. The number of carbonyl (C=O) groups is 2. The zero-order chi connectivity index (χ0) is 15.3. The van der Waals surface area contributed by atoms with Crippen molar-refractivity contribution in [2.24, 2.45) is 0 Å². The summed E-state index contributed by atoms with van der Waals surface area (Å²) in [6.07, 6.45) is 0. The highest BCUT2D eigenvalue weighted by molar-refractivity contribution is 9.10. The second kappa shape index (κ2) is 7.20. The number of carbonyl (C=O) groups excluding carboxylic acids is 2. The Balaban J connectivity index is 2.78. The Hall–Kier alpha value is -1.67. The molecule has 1 rings (SSSR count). The minimum absolute atomic E-state index is 0.0220. The average Bonchev–Trinajstić information content (AvgIpc) is 2.42. The van der Waals surface area contributed by atoms with Crippen molar-refractivity contribution < 1.29 is 19.2 Å². The van der Waals surface area contributed by atoms with E-state index in [0.717, 1.165) is 12.1 Å². The van der Waals surface area contributed by atoms with E-state index in [2.05, 4.69) is 26.0 Å². The number of nitrogens with zero attached hydrogens (tertiary/aromatic N) is 1. The molecule has 1 aromatic carbocycles. The number of nitro groups is 1. The van der Waals surface area contributed by atoms with Gasteiger partial charge >= 0.3 is 5.97 Å². The van der Waals surface area contributed by atoms with Gasteiger partial charge < -0.3 is 10.1 Å². The van der Waals surface area contributed by atoms with Crippen molar-refractivity contribution in [3.8, 4) is 0 Å². The van der Waals surface area contributed by atoms with Crippen molar-refractivity contribution >= 4 is 45.1 Å². The predicted molar refractivity (Wildman–Crippen MR) is 75.2 cm³/mol. The molecule has 0 radical (unpaired) electrons. The SMILES string of the molecule is COC(=O)C(Br)CNC(=O)c1cc(Cl)cc([N+](=O)[O-])c1. The molecule has 0 aliphatic heterocycles. The smallest absolute Gasteiger partial charge is 0.321 e. The number of amides is 1. The van der Waals surface area contributed by atoms with Gasteiger partial charge in [0.25, 0.3) is 11.6 Å². The van der Waals surface area contributed by atoms with Crippen LogP contribution in [0.15, 0.2) is 18.2 Å². The third-order valence-electron chi connectivity index (χ3n) is 2.25. The first-order valence-electron chi connectivity index (χ1n) is 5.30. The normalized spacial score (nSPS) is 11.6. The molecule has 108 valence electrons. The number of nitro benzene ring substituents is 1. The van der Waals surface area contributed by atoms with Crippen molar-refractivity contribution in [2.45, 2.75) is 4.83 Å². The maximum atomic E-state index is 11.8. The van der Waals surface area contributed by atoms with Gasteiger partial charge in [-0.1, -0.05) is 27.5 Å². The molecular weight excluding hydrogens is 355 g/mol. The lowest BCUT2D eigenvalue weighted by atomic mass is 10.2. The summed E-state index contributed by atoms with van der Waals surface area (Å²) in [5.74, 6) is -1.12. The van der Waals surface area contributed by atoms with Crippen LogP contribution in [0.5, 0.6) is 0 Å². The van der Waals surface area contributed by atoms with Crippen LogP contribution < -0.4 is 5.32 Å². The van der Waals surface area contributed by atoms with Gasteiger partial charge in [0.2, 0.25) is 0 Å². The molecule has 1 amide bonds. The van der Waals surface area contributed by atoms with Crippen LogP contribution in [0.1, 0.15) is 10.4 Å². The monoisotopic (exact) mass is 364 g/mol. The lowest BCUT2D eigenvalue weighted by molar-refractivity contribution is -0.384. The molecule has 0 aliphatic carbocycles. The Morgan fingerprint density at radius 1 is 1.50 bits per heavy atom. The summed E-state index contributed by atoms with van der Waals surface area (Å²) in [5, 5.41) is 13.2. The first-order valence-corrected chi connectivity index (χ1v) is 6.59. The van der Waals surface area contributed by atoms with Crippen LogP contribution in [-0.2, 0) is 9.53 Å².